The first-order valence-corrected chi connectivity index (χ1v) is 10.4. The van der Waals surface area contributed by atoms with Crippen LogP contribution in [-0.2, 0) is 11.3 Å². The van der Waals surface area contributed by atoms with Crippen molar-refractivity contribution in [3.63, 3.8) is 0 Å². The average Bonchev–Trinajstić information content (AvgIpc) is 3.07. The SMILES string of the molecule is C=CCn1c(SCC(=O)Nc2ccc(Br)cc2C)nc2sccc2c1=O. The van der Waals surface area contributed by atoms with Crippen LogP contribution in [0, 0.1) is 6.92 Å². The van der Waals surface area contributed by atoms with Crippen molar-refractivity contribution in [3.8, 4) is 0 Å². The lowest BCUT2D eigenvalue weighted by molar-refractivity contribution is -0.113. The second-order valence-corrected chi connectivity index (χ2v) is 8.29. The maximum absolute atomic E-state index is 12.6. The fourth-order valence-corrected chi connectivity index (χ4v) is 4.50. The molecule has 0 spiro atoms. The molecule has 134 valence electrons. The number of hydrogen-bond donors (Lipinski definition) is 1. The molecule has 3 aromatic rings. The summed E-state index contributed by atoms with van der Waals surface area (Å²) in [6.45, 7) is 5.98. The van der Waals surface area contributed by atoms with E-state index in [4.69, 9.17) is 0 Å². The number of thioether (sulfide) groups is 1. The molecule has 1 amide bonds. The largest absolute Gasteiger partial charge is 0.325 e. The molecule has 5 nitrogen and oxygen atoms in total. The van der Waals surface area contributed by atoms with E-state index in [0.29, 0.717) is 21.9 Å². The summed E-state index contributed by atoms with van der Waals surface area (Å²) in [5.41, 5.74) is 1.63. The third-order valence-corrected chi connectivity index (χ3v) is 5.93. The normalized spacial score (nSPS) is 10.8. The lowest BCUT2D eigenvalue weighted by Gasteiger charge is -2.11. The number of allylic oxidation sites excluding steroid dienone is 1. The zero-order chi connectivity index (χ0) is 18.7. The molecule has 0 atom stereocenters. The molecule has 2 heterocycles. The van der Waals surface area contributed by atoms with Gasteiger partial charge >= 0.3 is 0 Å². The highest BCUT2D eigenvalue weighted by atomic mass is 79.9. The van der Waals surface area contributed by atoms with Gasteiger partial charge in [0.25, 0.3) is 5.56 Å². The van der Waals surface area contributed by atoms with Crippen molar-refractivity contribution in [2.45, 2.75) is 18.6 Å². The molecule has 0 aliphatic rings. The first-order valence-electron chi connectivity index (χ1n) is 7.77. The van der Waals surface area contributed by atoms with Crippen molar-refractivity contribution in [3.05, 3.63) is 62.7 Å². The van der Waals surface area contributed by atoms with Gasteiger partial charge in [-0.15, -0.1) is 17.9 Å². The Morgan fingerprint density at radius 2 is 2.27 bits per heavy atom. The Balaban J connectivity index is 1.78. The minimum atomic E-state index is -0.147. The third kappa shape index (κ3) is 4.08. The zero-order valence-electron chi connectivity index (χ0n) is 14.0. The van der Waals surface area contributed by atoms with E-state index in [1.165, 1.54) is 23.1 Å². The maximum Gasteiger partial charge on any atom is 0.263 e. The fourth-order valence-electron chi connectivity index (χ4n) is 2.41. The van der Waals surface area contributed by atoms with Crippen LogP contribution >= 0.6 is 39.0 Å². The molecule has 0 aliphatic heterocycles. The molecule has 0 saturated heterocycles. The van der Waals surface area contributed by atoms with Gasteiger partial charge in [0.2, 0.25) is 5.91 Å². The Bertz CT molecular complexity index is 1040. The summed E-state index contributed by atoms with van der Waals surface area (Å²) in [4.78, 5) is 30.1. The molecule has 0 unspecified atom stereocenters. The van der Waals surface area contributed by atoms with Crippen LogP contribution in [-0.4, -0.2) is 21.2 Å². The number of anilines is 1. The highest BCUT2D eigenvalue weighted by Gasteiger charge is 2.14. The first-order chi connectivity index (χ1) is 12.5. The molecule has 1 aromatic carbocycles. The van der Waals surface area contributed by atoms with Crippen LogP contribution in [0.1, 0.15) is 5.56 Å². The number of hydrogen-bond acceptors (Lipinski definition) is 5. The van der Waals surface area contributed by atoms with Crippen LogP contribution in [0.2, 0.25) is 0 Å². The van der Waals surface area contributed by atoms with E-state index >= 15 is 0 Å². The second-order valence-electron chi connectivity index (χ2n) is 5.53. The molecule has 0 fully saturated rings. The number of aromatic nitrogens is 2. The lowest BCUT2D eigenvalue weighted by atomic mass is 10.2. The van der Waals surface area contributed by atoms with E-state index in [9.17, 15) is 9.59 Å². The molecule has 26 heavy (non-hydrogen) atoms. The Morgan fingerprint density at radius 1 is 1.46 bits per heavy atom. The minimum Gasteiger partial charge on any atom is -0.325 e. The summed E-state index contributed by atoms with van der Waals surface area (Å²) < 4.78 is 2.51. The number of thiophene rings is 1. The van der Waals surface area contributed by atoms with Gasteiger partial charge in [0.05, 0.1) is 11.1 Å². The van der Waals surface area contributed by atoms with Gasteiger partial charge in [0.15, 0.2) is 5.16 Å². The molecule has 3 rings (SSSR count). The fraction of sp³-hybridized carbons (Fsp3) is 0.167. The lowest BCUT2D eigenvalue weighted by Crippen LogP contribution is -2.23. The van der Waals surface area contributed by atoms with Gasteiger partial charge in [-0.25, -0.2) is 4.98 Å². The van der Waals surface area contributed by atoms with Crippen molar-refractivity contribution in [2.75, 3.05) is 11.1 Å². The molecule has 2 aromatic heterocycles. The van der Waals surface area contributed by atoms with Gasteiger partial charge in [0, 0.05) is 16.7 Å². The number of nitrogens with zero attached hydrogens (tertiary/aromatic N) is 2. The smallest absolute Gasteiger partial charge is 0.263 e. The molecule has 1 N–H and O–H groups in total. The van der Waals surface area contributed by atoms with Crippen molar-refractivity contribution in [1.29, 1.82) is 0 Å². The second kappa shape index (κ2) is 8.20. The van der Waals surface area contributed by atoms with Crippen LogP contribution < -0.4 is 10.9 Å². The van der Waals surface area contributed by atoms with Crippen molar-refractivity contribution < 1.29 is 4.79 Å². The third-order valence-electron chi connectivity index (χ3n) is 3.66. The van der Waals surface area contributed by atoms with Crippen LogP contribution in [0.5, 0.6) is 0 Å². The van der Waals surface area contributed by atoms with Crippen LogP contribution in [0.4, 0.5) is 5.69 Å². The zero-order valence-corrected chi connectivity index (χ0v) is 17.2. The number of halogens is 1. The number of fused-ring (bicyclic) bond motifs is 1. The Kier molecular flexibility index (Phi) is 5.95. The Morgan fingerprint density at radius 3 is 3.00 bits per heavy atom. The number of nitrogens with one attached hydrogen (secondary N) is 1. The van der Waals surface area contributed by atoms with Gasteiger partial charge in [-0.05, 0) is 42.1 Å². The monoisotopic (exact) mass is 449 g/mol. The molecular weight excluding hydrogens is 434 g/mol. The van der Waals surface area contributed by atoms with Gasteiger partial charge in [0.1, 0.15) is 4.83 Å². The molecule has 0 radical (unpaired) electrons. The van der Waals surface area contributed by atoms with Crippen molar-refractivity contribution >= 4 is 60.8 Å². The van der Waals surface area contributed by atoms with E-state index in [2.05, 4.69) is 32.8 Å². The average molecular weight is 450 g/mol. The predicted octanol–water partition coefficient (Wildman–Crippen LogP) is 4.45. The van der Waals surface area contributed by atoms with Crippen molar-refractivity contribution in [2.24, 2.45) is 0 Å². The van der Waals surface area contributed by atoms with Gasteiger partial charge in [-0.3, -0.25) is 14.2 Å². The summed E-state index contributed by atoms with van der Waals surface area (Å²) in [5.74, 6) is 0.0155. The summed E-state index contributed by atoms with van der Waals surface area (Å²) in [5, 5.41) is 5.85. The topological polar surface area (TPSA) is 64.0 Å². The van der Waals surface area contributed by atoms with Crippen LogP contribution in [0.25, 0.3) is 10.2 Å². The van der Waals surface area contributed by atoms with Gasteiger partial charge < -0.3 is 5.32 Å². The number of amides is 1. The van der Waals surface area contributed by atoms with Crippen molar-refractivity contribution in [1.82, 2.24) is 9.55 Å². The molecule has 0 aliphatic carbocycles. The maximum atomic E-state index is 12.6. The number of rotatable bonds is 6. The molecule has 0 saturated carbocycles. The first kappa shape index (κ1) is 18.9. The molecule has 0 bridgehead atoms. The minimum absolute atomic E-state index is 0.109. The molecular formula is C18H16BrN3O2S2. The van der Waals surface area contributed by atoms with E-state index in [1.807, 2.05) is 30.5 Å². The Labute approximate surface area is 167 Å². The van der Waals surface area contributed by atoms with E-state index in [1.54, 1.807) is 16.7 Å². The summed E-state index contributed by atoms with van der Waals surface area (Å²) in [6, 6.07) is 7.44. The highest BCUT2D eigenvalue weighted by Crippen LogP contribution is 2.23. The quantitative estimate of drug-likeness (QED) is 0.343. The van der Waals surface area contributed by atoms with Crippen LogP contribution in [0.15, 0.2) is 56.7 Å². The van der Waals surface area contributed by atoms with E-state index < -0.39 is 0 Å². The number of aryl methyl sites for hydroxylation is 1. The standard InChI is InChI=1S/C18H16BrN3O2S2/c1-3-7-22-17(24)13-6-8-25-16(13)21-18(22)26-10-15(23)20-14-5-4-12(19)9-11(14)2/h3-6,8-9H,1,7,10H2,2H3,(H,20,23). The van der Waals surface area contributed by atoms with E-state index in [0.717, 1.165) is 15.7 Å². The predicted molar refractivity (Wildman–Crippen MR) is 112 cm³/mol. The Hall–Kier alpha value is -1.90. The summed E-state index contributed by atoms with van der Waals surface area (Å²) in [7, 11) is 0. The van der Waals surface area contributed by atoms with Gasteiger partial charge in [-0.2, -0.15) is 0 Å². The number of carbonyl (C=O) groups is 1. The van der Waals surface area contributed by atoms with E-state index in [-0.39, 0.29) is 17.2 Å². The number of carbonyl (C=O) groups excluding carboxylic acids is 1. The summed E-state index contributed by atoms with van der Waals surface area (Å²) in [6.07, 6.45) is 1.65. The molecule has 8 heteroatoms. The summed E-state index contributed by atoms with van der Waals surface area (Å²) >= 11 is 6.06. The number of benzene rings is 1. The highest BCUT2D eigenvalue weighted by molar-refractivity contribution is 9.10. The van der Waals surface area contributed by atoms with Gasteiger partial charge in [-0.1, -0.05) is 33.8 Å². The van der Waals surface area contributed by atoms with Crippen LogP contribution in [0.3, 0.4) is 0 Å².